The third-order valence-corrected chi connectivity index (χ3v) is 4.56. The highest BCUT2D eigenvalue weighted by molar-refractivity contribution is 6.33. The Morgan fingerprint density at radius 2 is 2.17 bits per heavy atom. The molecule has 3 N–H and O–H groups in total. The van der Waals surface area contributed by atoms with Gasteiger partial charge in [0.1, 0.15) is 0 Å². The van der Waals surface area contributed by atoms with Crippen LogP contribution >= 0.6 is 24.0 Å². The van der Waals surface area contributed by atoms with Crippen LogP contribution in [0.1, 0.15) is 39.5 Å². The van der Waals surface area contributed by atoms with E-state index in [1.807, 2.05) is 31.2 Å². The minimum absolute atomic E-state index is 0. The summed E-state index contributed by atoms with van der Waals surface area (Å²) in [5.41, 5.74) is 6.36. The Bertz CT molecular complexity index is 522. The first kappa shape index (κ1) is 20.1. The van der Waals surface area contributed by atoms with Crippen molar-refractivity contribution in [2.75, 3.05) is 18.0 Å². The van der Waals surface area contributed by atoms with Crippen molar-refractivity contribution in [3.05, 3.63) is 29.3 Å². The lowest BCUT2D eigenvalue weighted by atomic mass is 9.95. The quantitative estimate of drug-likeness (QED) is 0.847. The molecule has 1 saturated heterocycles. The van der Waals surface area contributed by atoms with Crippen molar-refractivity contribution >= 4 is 35.6 Å². The van der Waals surface area contributed by atoms with E-state index in [0.29, 0.717) is 6.42 Å². The molecule has 23 heavy (non-hydrogen) atoms. The number of nitrogens with two attached hydrogens (primary N) is 1. The van der Waals surface area contributed by atoms with Crippen LogP contribution in [0, 0.1) is 0 Å². The first-order valence-corrected chi connectivity index (χ1v) is 8.41. The molecule has 2 unspecified atom stereocenters. The van der Waals surface area contributed by atoms with Gasteiger partial charge in [-0.2, -0.15) is 0 Å². The van der Waals surface area contributed by atoms with E-state index >= 15 is 0 Å². The highest BCUT2D eigenvalue weighted by atomic mass is 35.5. The predicted octanol–water partition coefficient (Wildman–Crippen LogP) is 3.36. The number of piperidine rings is 1. The number of hydrogen-bond donors (Lipinski definition) is 2. The number of hydrogen-bond acceptors (Lipinski definition) is 3. The van der Waals surface area contributed by atoms with Crippen LogP contribution in [-0.2, 0) is 4.79 Å². The van der Waals surface area contributed by atoms with E-state index in [1.165, 1.54) is 0 Å². The van der Waals surface area contributed by atoms with Crippen LogP contribution in [0.2, 0.25) is 5.02 Å². The Balaban J connectivity index is 0.00000264. The number of amides is 1. The molecule has 0 saturated carbocycles. The molecule has 2 rings (SSSR count). The molecule has 1 aromatic carbocycles. The fraction of sp³-hybridized carbons (Fsp3) is 0.588. The number of benzene rings is 1. The summed E-state index contributed by atoms with van der Waals surface area (Å²) in [5, 5.41) is 3.87. The zero-order valence-electron chi connectivity index (χ0n) is 13.8. The number of anilines is 1. The van der Waals surface area contributed by atoms with Crippen molar-refractivity contribution in [2.24, 2.45) is 5.73 Å². The lowest BCUT2D eigenvalue weighted by molar-refractivity contribution is -0.126. The van der Waals surface area contributed by atoms with Gasteiger partial charge in [-0.1, -0.05) is 37.1 Å². The van der Waals surface area contributed by atoms with Gasteiger partial charge in [-0.05, 0) is 38.3 Å². The number of nitrogens with zero attached hydrogens (tertiary/aromatic N) is 1. The van der Waals surface area contributed by atoms with Gasteiger partial charge in [0.25, 0.3) is 0 Å². The molecule has 6 heteroatoms. The van der Waals surface area contributed by atoms with Crippen LogP contribution in [0.3, 0.4) is 0 Å². The van der Waals surface area contributed by atoms with Gasteiger partial charge in [0.05, 0.1) is 16.2 Å². The third-order valence-electron chi connectivity index (χ3n) is 4.24. The molecule has 2 atom stereocenters. The zero-order chi connectivity index (χ0) is 16.2. The number of rotatable bonds is 5. The maximum atomic E-state index is 12.4. The molecule has 0 bridgehead atoms. The first-order valence-electron chi connectivity index (χ1n) is 8.03. The van der Waals surface area contributed by atoms with Gasteiger partial charge in [-0.3, -0.25) is 4.79 Å². The highest BCUT2D eigenvalue weighted by Crippen LogP contribution is 2.27. The molecular formula is C17H27Cl2N3O. The lowest BCUT2D eigenvalue weighted by Crippen LogP contribution is -2.57. The minimum Gasteiger partial charge on any atom is -0.368 e. The first-order chi connectivity index (χ1) is 10.4. The second-order valence-corrected chi connectivity index (χ2v) is 6.78. The van der Waals surface area contributed by atoms with Crippen molar-refractivity contribution in [3.63, 3.8) is 0 Å². The van der Waals surface area contributed by atoms with Gasteiger partial charge < -0.3 is 16.0 Å². The number of halogens is 2. The maximum absolute atomic E-state index is 12.4. The van der Waals surface area contributed by atoms with E-state index < -0.39 is 5.54 Å². The van der Waals surface area contributed by atoms with Gasteiger partial charge in [-0.25, -0.2) is 0 Å². The van der Waals surface area contributed by atoms with E-state index in [2.05, 4.69) is 10.2 Å². The van der Waals surface area contributed by atoms with Crippen LogP contribution in [0.25, 0.3) is 0 Å². The zero-order valence-corrected chi connectivity index (χ0v) is 15.4. The molecule has 0 aromatic heterocycles. The summed E-state index contributed by atoms with van der Waals surface area (Å²) < 4.78 is 0. The summed E-state index contributed by atoms with van der Waals surface area (Å²) >= 11 is 6.28. The van der Waals surface area contributed by atoms with Crippen molar-refractivity contribution in [3.8, 4) is 0 Å². The molecule has 1 aliphatic heterocycles. The number of para-hydroxylation sites is 1. The molecule has 0 radical (unpaired) electrons. The number of nitrogens with one attached hydrogen (secondary N) is 1. The SMILES string of the molecule is CCCC(C)(N)C(=O)NC1CCCN(c2ccccc2Cl)C1.Cl. The summed E-state index contributed by atoms with van der Waals surface area (Å²) in [4.78, 5) is 14.6. The lowest BCUT2D eigenvalue weighted by Gasteiger charge is -2.36. The average Bonchev–Trinajstić information content (AvgIpc) is 2.48. The summed E-state index contributed by atoms with van der Waals surface area (Å²) in [6.45, 7) is 5.58. The van der Waals surface area contributed by atoms with Gasteiger partial charge >= 0.3 is 0 Å². The Kier molecular flexibility index (Phi) is 7.65. The van der Waals surface area contributed by atoms with E-state index in [0.717, 1.165) is 43.1 Å². The largest absolute Gasteiger partial charge is 0.368 e. The van der Waals surface area contributed by atoms with Crippen LogP contribution in [0.5, 0.6) is 0 Å². The Morgan fingerprint density at radius 3 is 2.83 bits per heavy atom. The highest BCUT2D eigenvalue weighted by Gasteiger charge is 2.30. The molecule has 1 aliphatic rings. The van der Waals surface area contributed by atoms with E-state index in [-0.39, 0.29) is 24.4 Å². The Morgan fingerprint density at radius 1 is 1.48 bits per heavy atom. The van der Waals surface area contributed by atoms with Crippen molar-refractivity contribution < 1.29 is 4.79 Å². The molecule has 1 heterocycles. The summed E-state index contributed by atoms with van der Waals surface area (Å²) in [5.74, 6) is -0.0552. The Labute approximate surface area is 150 Å². The molecule has 1 fully saturated rings. The second kappa shape index (κ2) is 8.76. The molecule has 1 aromatic rings. The normalized spacial score (nSPS) is 20.3. The fourth-order valence-corrected chi connectivity index (χ4v) is 3.26. The smallest absolute Gasteiger partial charge is 0.240 e. The molecule has 0 aliphatic carbocycles. The fourth-order valence-electron chi connectivity index (χ4n) is 3.01. The van der Waals surface area contributed by atoms with Crippen molar-refractivity contribution in [1.29, 1.82) is 0 Å². The summed E-state index contributed by atoms with van der Waals surface area (Å²) in [6, 6.07) is 7.96. The molecule has 4 nitrogen and oxygen atoms in total. The van der Waals surface area contributed by atoms with Crippen LogP contribution in [0.15, 0.2) is 24.3 Å². The monoisotopic (exact) mass is 359 g/mol. The van der Waals surface area contributed by atoms with Gasteiger partial charge in [0, 0.05) is 19.1 Å². The van der Waals surface area contributed by atoms with Gasteiger partial charge in [-0.15, -0.1) is 12.4 Å². The van der Waals surface area contributed by atoms with Crippen LogP contribution in [-0.4, -0.2) is 30.6 Å². The van der Waals surface area contributed by atoms with E-state index in [4.69, 9.17) is 17.3 Å². The number of carbonyl (C=O) groups is 1. The minimum atomic E-state index is -0.790. The Hall–Kier alpha value is -0.970. The van der Waals surface area contributed by atoms with E-state index in [1.54, 1.807) is 6.92 Å². The average molecular weight is 360 g/mol. The maximum Gasteiger partial charge on any atom is 0.240 e. The molecule has 1 amide bonds. The second-order valence-electron chi connectivity index (χ2n) is 6.38. The molecular weight excluding hydrogens is 333 g/mol. The van der Waals surface area contributed by atoms with Crippen LogP contribution < -0.4 is 16.0 Å². The molecule has 0 spiro atoms. The summed E-state index contributed by atoms with van der Waals surface area (Å²) in [7, 11) is 0. The van der Waals surface area contributed by atoms with E-state index in [9.17, 15) is 4.79 Å². The number of carbonyl (C=O) groups excluding carboxylic acids is 1. The van der Waals surface area contributed by atoms with Gasteiger partial charge in [0.15, 0.2) is 0 Å². The summed E-state index contributed by atoms with van der Waals surface area (Å²) in [6.07, 6.45) is 3.61. The standard InChI is InChI=1S/C17H26ClN3O.ClH/c1-3-10-17(2,19)16(22)20-13-7-6-11-21(12-13)15-9-5-4-8-14(15)18;/h4-5,8-9,13H,3,6-7,10-12,19H2,1-2H3,(H,20,22);1H. The molecule has 130 valence electrons. The third kappa shape index (κ3) is 5.27. The van der Waals surface area contributed by atoms with Crippen LogP contribution in [0.4, 0.5) is 5.69 Å². The van der Waals surface area contributed by atoms with Gasteiger partial charge in [0.2, 0.25) is 5.91 Å². The predicted molar refractivity (Wildman–Crippen MR) is 99.6 cm³/mol. The van der Waals surface area contributed by atoms with Crippen molar-refractivity contribution in [2.45, 2.75) is 51.1 Å². The van der Waals surface area contributed by atoms with Crippen molar-refractivity contribution in [1.82, 2.24) is 5.32 Å². The topological polar surface area (TPSA) is 58.4 Å².